The van der Waals surface area contributed by atoms with Gasteiger partial charge in [0.25, 0.3) is 0 Å². The Labute approximate surface area is 146 Å². The van der Waals surface area contributed by atoms with Crippen LogP contribution in [-0.4, -0.2) is 42.6 Å². The maximum Gasteiger partial charge on any atom is 0.241 e. The number of aryl methyl sites for hydroxylation is 2. The largest absolute Gasteiger partial charge is 0.378 e. The van der Waals surface area contributed by atoms with Gasteiger partial charge in [-0.15, -0.1) is 0 Å². The van der Waals surface area contributed by atoms with E-state index in [0.29, 0.717) is 12.0 Å². The fraction of sp³-hybridized carbons (Fsp3) is 0.650. The quantitative estimate of drug-likeness (QED) is 0.862. The summed E-state index contributed by atoms with van der Waals surface area (Å²) in [6.07, 6.45) is 2.36. The van der Waals surface area contributed by atoms with Crippen LogP contribution >= 0.6 is 0 Å². The first kappa shape index (κ1) is 18.9. The minimum Gasteiger partial charge on any atom is -0.378 e. The summed E-state index contributed by atoms with van der Waals surface area (Å²) in [4.78, 5) is 14.8. The van der Waals surface area contributed by atoms with Gasteiger partial charge in [0, 0.05) is 25.4 Å². The highest BCUT2D eigenvalue weighted by atomic mass is 16.5. The number of carbonyl (C=O) groups excluding carboxylic acids is 1. The van der Waals surface area contributed by atoms with Gasteiger partial charge in [0.1, 0.15) is 0 Å². The monoisotopic (exact) mass is 332 g/mol. The number of hydrogen-bond donors (Lipinski definition) is 1. The number of piperidine rings is 1. The molecular formula is C20H32N2O2. The molecule has 1 N–H and O–H groups in total. The van der Waals surface area contributed by atoms with Crippen molar-refractivity contribution in [3.8, 4) is 0 Å². The third-order valence-electron chi connectivity index (χ3n) is 4.84. The number of carbonyl (C=O) groups is 1. The van der Waals surface area contributed by atoms with Crippen molar-refractivity contribution in [2.75, 3.05) is 25.0 Å². The molecule has 1 aromatic carbocycles. The number of benzene rings is 1. The van der Waals surface area contributed by atoms with Crippen LogP contribution in [0.1, 0.15) is 44.7 Å². The van der Waals surface area contributed by atoms with Crippen molar-refractivity contribution < 1.29 is 9.53 Å². The molecule has 0 saturated carbocycles. The Balaban J connectivity index is 1.82. The molecule has 4 nitrogen and oxygen atoms in total. The first-order valence-electron chi connectivity index (χ1n) is 9.10. The average molecular weight is 332 g/mol. The molecule has 1 saturated heterocycles. The lowest BCUT2D eigenvalue weighted by atomic mass is 10.0. The number of ether oxygens (including phenoxy) is 1. The number of nitrogens with zero attached hydrogens (tertiary/aromatic N) is 1. The molecule has 1 aromatic rings. The van der Waals surface area contributed by atoms with E-state index in [-0.39, 0.29) is 11.9 Å². The van der Waals surface area contributed by atoms with Crippen LogP contribution in [-0.2, 0) is 9.53 Å². The second kappa shape index (κ2) is 8.63. The van der Waals surface area contributed by atoms with Gasteiger partial charge in [-0.25, -0.2) is 0 Å². The minimum absolute atomic E-state index is 0.0693. The van der Waals surface area contributed by atoms with Crippen molar-refractivity contribution in [3.05, 3.63) is 29.3 Å². The predicted octanol–water partition coefficient (Wildman–Crippen LogP) is 3.77. The Bertz CT molecular complexity index is 549. The highest BCUT2D eigenvalue weighted by Gasteiger charge is 2.27. The maximum atomic E-state index is 12.5. The Morgan fingerprint density at radius 2 is 1.88 bits per heavy atom. The molecule has 4 heteroatoms. The molecule has 1 atom stereocenters. The summed E-state index contributed by atoms with van der Waals surface area (Å²) in [5.41, 5.74) is 3.32. The summed E-state index contributed by atoms with van der Waals surface area (Å²) in [7, 11) is 0. The summed E-state index contributed by atoms with van der Waals surface area (Å²) in [5.74, 6) is 0.644. The number of likely N-dealkylation sites (tertiary alicyclic amines) is 1. The van der Waals surface area contributed by atoms with Gasteiger partial charge >= 0.3 is 0 Å². The molecular weight excluding hydrogens is 300 g/mol. The number of nitrogens with one attached hydrogen (secondary N) is 1. The molecule has 0 aromatic heterocycles. The van der Waals surface area contributed by atoms with Crippen LogP contribution in [0.3, 0.4) is 0 Å². The smallest absolute Gasteiger partial charge is 0.241 e. The average Bonchev–Trinajstić information content (AvgIpc) is 2.56. The number of anilines is 1. The van der Waals surface area contributed by atoms with E-state index in [4.69, 9.17) is 4.74 Å². The summed E-state index contributed by atoms with van der Waals surface area (Å²) in [6, 6.07) is 5.94. The zero-order valence-electron chi connectivity index (χ0n) is 15.8. The van der Waals surface area contributed by atoms with Crippen LogP contribution in [0, 0.1) is 19.8 Å². The Morgan fingerprint density at radius 1 is 1.21 bits per heavy atom. The Morgan fingerprint density at radius 3 is 2.46 bits per heavy atom. The Kier molecular flexibility index (Phi) is 6.81. The van der Waals surface area contributed by atoms with E-state index in [9.17, 15) is 4.79 Å². The van der Waals surface area contributed by atoms with Crippen LogP contribution in [0.15, 0.2) is 18.2 Å². The second-order valence-electron chi connectivity index (χ2n) is 7.43. The van der Waals surface area contributed by atoms with E-state index in [2.05, 4.69) is 37.9 Å². The third-order valence-corrected chi connectivity index (χ3v) is 4.84. The van der Waals surface area contributed by atoms with Gasteiger partial charge < -0.3 is 10.1 Å². The van der Waals surface area contributed by atoms with Crippen molar-refractivity contribution in [3.63, 3.8) is 0 Å². The SMILES string of the molecule is Cc1ccc(NC(=O)C(C)N2CCC(OCC(C)C)CC2)cc1C. The van der Waals surface area contributed by atoms with Crippen LogP contribution in [0.4, 0.5) is 5.69 Å². The molecule has 1 amide bonds. The van der Waals surface area contributed by atoms with E-state index < -0.39 is 0 Å². The first-order valence-corrected chi connectivity index (χ1v) is 9.10. The van der Waals surface area contributed by atoms with Crippen molar-refractivity contribution in [1.29, 1.82) is 0 Å². The molecule has 134 valence electrons. The van der Waals surface area contributed by atoms with Crippen LogP contribution < -0.4 is 5.32 Å². The molecule has 1 aliphatic rings. The normalized spacial score (nSPS) is 17.9. The topological polar surface area (TPSA) is 41.6 Å². The minimum atomic E-state index is -0.113. The van der Waals surface area contributed by atoms with Gasteiger partial charge in [0.05, 0.1) is 12.1 Å². The van der Waals surface area contributed by atoms with Crippen molar-refractivity contribution in [2.24, 2.45) is 5.92 Å². The second-order valence-corrected chi connectivity index (χ2v) is 7.43. The van der Waals surface area contributed by atoms with E-state index in [1.54, 1.807) is 0 Å². The number of amides is 1. The van der Waals surface area contributed by atoms with E-state index in [1.165, 1.54) is 11.1 Å². The summed E-state index contributed by atoms with van der Waals surface area (Å²) < 4.78 is 5.93. The van der Waals surface area contributed by atoms with Gasteiger partial charge in [0.2, 0.25) is 5.91 Å². The van der Waals surface area contributed by atoms with Crippen LogP contribution in [0.2, 0.25) is 0 Å². The molecule has 2 rings (SSSR count). The van der Waals surface area contributed by atoms with E-state index in [0.717, 1.165) is 38.2 Å². The van der Waals surface area contributed by atoms with Gasteiger partial charge in [-0.1, -0.05) is 19.9 Å². The van der Waals surface area contributed by atoms with Crippen molar-refractivity contribution in [2.45, 2.75) is 59.6 Å². The first-order chi connectivity index (χ1) is 11.4. The lowest BCUT2D eigenvalue weighted by Crippen LogP contribution is -2.47. The predicted molar refractivity (Wildman–Crippen MR) is 99.4 cm³/mol. The van der Waals surface area contributed by atoms with Gasteiger partial charge in [0.15, 0.2) is 0 Å². The molecule has 0 radical (unpaired) electrons. The number of hydrogen-bond acceptors (Lipinski definition) is 3. The third kappa shape index (κ3) is 5.32. The summed E-state index contributed by atoms with van der Waals surface area (Å²) in [6.45, 7) is 13.2. The summed E-state index contributed by atoms with van der Waals surface area (Å²) >= 11 is 0. The van der Waals surface area contributed by atoms with Gasteiger partial charge in [-0.3, -0.25) is 9.69 Å². The zero-order valence-corrected chi connectivity index (χ0v) is 15.8. The van der Waals surface area contributed by atoms with Crippen molar-refractivity contribution in [1.82, 2.24) is 4.90 Å². The molecule has 0 aliphatic carbocycles. The molecule has 1 heterocycles. The van der Waals surface area contributed by atoms with Gasteiger partial charge in [-0.2, -0.15) is 0 Å². The van der Waals surface area contributed by atoms with Crippen LogP contribution in [0.5, 0.6) is 0 Å². The molecule has 0 spiro atoms. The van der Waals surface area contributed by atoms with Gasteiger partial charge in [-0.05, 0) is 62.8 Å². The number of rotatable bonds is 6. The van der Waals surface area contributed by atoms with Crippen molar-refractivity contribution >= 4 is 11.6 Å². The molecule has 1 aliphatic heterocycles. The van der Waals surface area contributed by atoms with E-state index in [1.807, 2.05) is 25.1 Å². The summed E-state index contributed by atoms with van der Waals surface area (Å²) in [5, 5.41) is 3.05. The molecule has 1 unspecified atom stereocenters. The maximum absolute atomic E-state index is 12.5. The fourth-order valence-corrected chi connectivity index (χ4v) is 2.99. The lowest BCUT2D eigenvalue weighted by Gasteiger charge is -2.35. The highest BCUT2D eigenvalue weighted by Crippen LogP contribution is 2.19. The molecule has 24 heavy (non-hydrogen) atoms. The highest BCUT2D eigenvalue weighted by molar-refractivity contribution is 5.94. The molecule has 1 fully saturated rings. The zero-order chi connectivity index (χ0) is 17.7. The fourth-order valence-electron chi connectivity index (χ4n) is 2.99. The Hall–Kier alpha value is -1.39. The molecule has 0 bridgehead atoms. The lowest BCUT2D eigenvalue weighted by molar-refractivity contribution is -0.122. The van der Waals surface area contributed by atoms with Crippen LogP contribution in [0.25, 0.3) is 0 Å². The standard InChI is InChI=1S/C20H32N2O2/c1-14(2)13-24-19-8-10-22(11-9-19)17(5)20(23)21-18-7-6-15(3)16(4)12-18/h6-7,12,14,17,19H,8-11,13H2,1-5H3,(H,21,23). The van der Waals surface area contributed by atoms with E-state index >= 15 is 0 Å².